The summed E-state index contributed by atoms with van der Waals surface area (Å²) in [5.74, 6) is 0. The van der Waals surface area contributed by atoms with E-state index < -0.39 is 0 Å². The van der Waals surface area contributed by atoms with Gasteiger partial charge in [-0.3, -0.25) is 0 Å². The molecular formula is C11H24N2O2. The molecule has 0 saturated carbocycles. The number of nitroso groups, excluding NO2 is 1. The molecule has 90 valence electrons. The predicted octanol–water partition coefficient (Wildman–Crippen LogP) is 2.28. The Morgan fingerprint density at radius 3 is 2.40 bits per heavy atom. The van der Waals surface area contributed by atoms with Crippen molar-refractivity contribution in [2.45, 2.75) is 39.7 Å². The van der Waals surface area contributed by atoms with Gasteiger partial charge in [0.05, 0.1) is 6.61 Å². The summed E-state index contributed by atoms with van der Waals surface area (Å²) in [5.41, 5.74) is 0. The minimum absolute atomic E-state index is 0.221. The maximum atomic E-state index is 10.6. The average Bonchev–Trinajstić information content (AvgIpc) is 2.28. The number of nitrogens with zero attached hydrogens (tertiary/aromatic N) is 2. The van der Waals surface area contributed by atoms with Crippen LogP contribution in [-0.4, -0.2) is 43.8 Å². The fourth-order valence-corrected chi connectivity index (χ4v) is 1.36. The Balaban J connectivity index is 3.66. The van der Waals surface area contributed by atoms with Gasteiger partial charge in [-0.05, 0) is 19.5 Å². The van der Waals surface area contributed by atoms with Crippen LogP contribution in [0.2, 0.25) is 0 Å². The molecule has 1 atom stereocenters. The number of hydrogen-bond donors (Lipinski definition) is 0. The Kier molecular flexibility index (Phi) is 9.73. The van der Waals surface area contributed by atoms with E-state index >= 15 is 0 Å². The van der Waals surface area contributed by atoms with Crippen LogP contribution >= 0.6 is 0 Å². The molecule has 0 unspecified atom stereocenters. The van der Waals surface area contributed by atoms with E-state index in [2.05, 4.69) is 30.8 Å². The fraction of sp³-hybridized carbons (Fsp3) is 1.00. The molecule has 4 heteroatoms. The van der Waals surface area contributed by atoms with Crippen molar-refractivity contribution in [3.63, 3.8) is 0 Å². The molecule has 0 bridgehead atoms. The van der Waals surface area contributed by atoms with Gasteiger partial charge in [0.15, 0.2) is 0 Å². The second-order valence-corrected chi connectivity index (χ2v) is 3.67. The molecule has 0 saturated heterocycles. The molecule has 0 amide bonds. The van der Waals surface area contributed by atoms with Crippen LogP contribution in [0.25, 0.3) is 0 Å². The number of hydrogen-bond acceptors (Lipinski definition) is 4. The minimum Gasteiger partial charge on any atom is -0.379 e. The zero-order valence-corrected chi connectivity index (χ0v) is 10.2. The van der Waals surface area contributed by atoms with Crippen LogP contribution in [0, 0.1) is 4.91 Å². The molecule has 0 aromatic heterocycles. The highest BCUT2D eigenvalue weighted by molar-refractivity contribution is 4.69. The van der Waals surface area contributed by atoms with Crippen molar-refractivity contribution in [1.82, 2.24) is 4.90 Å². The summed E-state index contributed by atoms with van der Waals surface area (Å²) in [6, 6.07) is -0.221. The van der Waals surface area contributed by atoms with Gasteiger partial charge in [-0.2, -0.15) is 4.91 Å². The number of rotatable bonds is 10. The second-order valence-electron chi connectivity index (χ2n) is 3.67. The van der Waals surface area contributed by atoms with E-state index in [-0.39, 0.29) is 6.04 Å². The van der Waals surface area contributed by atoms with Gasteiger partial charge in [0.1, 0.15) is 6.04 Å². The Morgan fingerprint density at radius 2 is 1.93 bits per heavy atom. The summed E-state index contributed by atoms with van der Waals surface area (Å²) in [5, 5.41) is 3.10. The largest absolute Gasteiger partial charge is 0.379 e. The maximum Gasteiger partial charge on any atom is 0.128 e. The summed E-state index contributed by atoms with van der Waals surface area (Å²) < 4.78 is 5.40. The zero-order chi connectivity index (χ0) is 11.5. The van der Waals surface area contributed by atoms with E-state index in [1.165, 1.54) is 0 Å². The number of ether oxygens (including phenoxy) is 1. The van der Waals surface area contributed by atoms with Gasteiger partial charge in [-0.25, -0.2) is 0 Å². The van der Waals surface area contributed by atoms with Gasteiger partial charge in [-0.15, -0.1) is 0 Å². The van der Waals surface area contributed by atoms with Crippen LogP contribution in [0.15, 0.2) is 5.18 Å². The van der Waals surface area contributed by atoms with Crippen molar-refractivity contribution in [2.75, 3.05) is 32.8 Å². The summed E-state index contributed by atoms with van der Waals surface area (Å²) >= 11 is 0. The van der Waals surface area contributed by atoms with Gasteiger partial charge in [0, 0.05) is 13.2 Å². The molecule has 0 spiro atoms. The molecule has 15 heavy (non-hydrogen) atoms. The van der Waals surface area contributed by atoms with Crippen LogP contribution in [0.3, 0.4) is 0 Å². The predicted molar refractivity (Wildman–Crippen MR) is 63.1 cm³/mol. The smallest absolute Gasteiger partial charge is 0.128 e. The first-order chi connectivity index (χ1) is 7.28. The van der Waals surface area contributed by atoms with Crippen molar-refractivity contribution in [2.24, 2.45) is 5.18 Å². The lowest BCUT2D eigenvalue weighted by atomic mass is 10.3. The van der Waals surface area contributed by atoms with Crippen molar-refractivity contribution < 1.29 is 4.74 Å². The van der Waals surface area contributed by atoms with Crippen molar-refractivity contribution >= 4 is 0 Å². The third-order valence-corrected chi connectivity index (χ3v) is 2.46. The average molecular weight is 216 g/mol. The minimum atomic E-state index is -0.221. The van der Waals surface area contributed by atoms with Gasteiger partial charge in [0.2, 0.25) is 0 Å². The Labute approximate surface area is 93.0 Å². The normalized spacial score (nSPS) is 13.1. The van der Waals surface area contributed by atoms with Crippen molar-refractivity contribution in [1.29, 1.82) is 0 Å². The van der Waals surface area contributed by atoms with Crippen molar-refractivity contribution in [3.05, 3.63) is 4.91 Å². The fourth-order valence-electron chi connectivity index (χ4n) is 1.36. The zero-order valence-electron chi connectivity index (χ0n) is 10.2. The van der Waals surface area contributed by atoms with Crippen LogP contribution in [0.5, 0.6) is 0 Å². The summed E-state index contributed by atoms with van der Waals surface area (Å²) in [6.07, 6.45) is 2.17. The van der Waals surface area contributed by atoms with E-state index in [0.29, 0.717) is 13.2 Å². The Hall–Kier alpha value is -0.480. The van der Waals surface area contributed by atoms with Gasteiger partial charge < -0.3 is 9.64 Å². The molecule has 0 aliphatic carbocycles. The van der Waals surface area contributed by atoms with E-state index in [1.54, 1.807) is 0 Å². The van der Waals surface area contributed by atoms with Crippen LogP contribution < -0.4 is 0 Å². The second kappa shape index (κ2) is 10.1. The SMILES string of the molecule is CCCCOC[C@@H](CN(CC)CC)N=O. The number of likely N-dealkylation sites (N-methyl/N-ethyl adjacent to an activating group) is 1. The van der Waals surface area contributed by atoms with E-state index in [1.807, 2.05) is 0 Å². The molecule has 0 aliphatic rings. The molecule has 0 aliphatic heterocycles. The molecular weight excluding hydrogens is 192 g/mol. The highest BCUT2D eigenvalue weighted by Crippen LogP contribution is 1.99. The third-order valence-electron chi connectivity index (χ3n) is 2.46. The third kappa shape index (κ3) is 7.45. The quantitative estimate of drug-likeness (QED) is 0.415. The molecule has 4 nitrogen and oxygen atoms in total. The molecule has 0 rings (SSSR count). The van der Waals surface area contributed by atoms with E-state index in [0.717, 1.165) is 32.5 Å². The van der Waals surface area contributed by atoms with Crippen LogP contribution in [0.1, 0.15) is 33.6 Å². The highest BCUT2D eigenvalue weighted by atomic mass is 16.5. The Bertz CT molecular complexity index is 150. The van der Waals surface area contributed by atoms with Crippen LogP contribution in [-0.2, 0) is 4.74 Å². The monoisotopic (exact) mass is 216 g/mol. The Morgan fingerprint density at radius 1 is 1.27 bits per heavy atom. The molecule has 0 fully saturated rings. The van der Waals surface area contributed by atoms with Gasteiger partial charge in [0.25, 0.3) is 0 Å². The van der Waals surface area contributed by atoms with Gasteiger partial charge >= 0.3 is 0 Å². The van der Waals surface area contributed by atoms with E-state index in [9.17, 15) is 4.91 Å². The lowest BCUT2D eigenvalue weighted by molar-refractivity contribution is 0.106. The first-order valence-electron chi connectivity index (χ1n) is 5.90. The van der Waals surface area contributed by atoms with Crippen LogP contribution in [0.4, 0.5) is 0 Å². The van der Waals surface area contributed by atoms with Gasteiger partial charge in [-0.1, -0.05) is 32.4 Å². The number of unbranched alkanes of at least 4 members (excludes halogenated alkanes) is 1. The first kappa shape index (κ1) is 14.5. The standard InChI is InChI=1S/C11H24N2O2/c1-4-7-8-15-10-11(12-14)9-13(5-2)6-3/h11H,4-10H2,1-3H3/t11-/m1/s1. The molecule has 0 N–H and O–H groups in total. The van der Waals surface area contributed by atoms with E-state index in [4.69, 9.17) is 4.74 Å². The highest BCUT2D eigenvalue weighted by Gasteiger charge is 2.12. The summed E-state index contributed by atoms with van der Waals surface area (Å²) in [6.45, 7) is 10.1. The molecule has 0 radical (unpaired) electrons. The molecule has 0 aromatic rings. The lowest BCUT2D eigenvalue weighted by Crippen LogP contribution is -2.33. The van der Waals surface area contributed by atoms with Crippen molar-refractivity contribution in [3.8, 4) is 0 Å². The topological polar surface area (TPSA) is 41.9 Å². The molecule has 0 aromatic carbocycles. The lowest BCUT2D eigenvalue weighted by Gasteiger charge is -2.20. The maximum absolute atomic E-state index is 10.6. The summed E-state index contributed by atoms with van der Waals surface area (Å²) in [4.78, 5) is 12.8. The first-order valence-corrected chi connectivity index (χ1v) is 5.90. The summed E-state index contributed by atoms with van der Waals surface area (Å²) in [7, 11) is 0. The molecule has 0 heterocycles.